The van der Waals surface area contributed by atoms with Gasteiger partial charge in [-0.3, -0.25) is 9.52 Å². The van der Waals surface area contributed by atoms with E-state index in [9.17, 15) is 13.2 Å². The van der Waals surface area contributed by atoms with Crippen LogP contribution in [0.3, 0.4) is 0 Å². The zero-order chi connectivity index (χ0) is 21.1. The van der Waals surface area contributed by atoms with Crippen LogP contribution >= 0.6 is 11.6 Å². The molecule has 1 amide bonds. The fourth-order valence-corrected chi connectivity index (χ4v) is 4.94. The zero-order valence-electron chi connectivity index (χ0n) is 16.2. The number of sulfonamides is 1. The molecule has 0 fully saturated rings. The number of carbonyl (C=O) groups excluding carboxylic acids is 1. The summed E-state index contributed by atoms with van der Waals surface area (Å²) in [5.41, 5.74) is 3.58. The third kappa shape index (κ3) is 4.66. The molecule has 3 aromatic rings. The van der Waals surface area contributed by atoms with Gasteiger partial charge in [0.15, 0.2) is 0 Å². The van der Waals surface area contributed by atoms with Crippen LogP contribution in [-0.2, 0) is 22.2 Å². The maximum Gasteiger partial charge on any atom is 0.258 e. The van der Waals surface area contributed by atoms with E-state index in [0.29, 0.717) is 28.4 Å². The largest absolute Gasteiger partial charge is 0.308 e. The molecule has 1 heterocycles. The molecule has 0 saturated carbocycles. The number of aryl methyl sites for hydroxylation is 1. The van der Waals surface area contributed by atoms with E-state index >= 15 is 0 Å². The summed E-state index contributed by atoms with van der Waals surface area (Å²) in [7, 11) is -3.57. The van der Waals surface area contributed by atoms with Gasteiger partial charge in [-0.05, 0) is 66.4 Å². The Bertz CT molecular complexity index is 1160. The molecule has 0 atom stereocenters. The summed E-state index contributed by atoms with van der Waals surface area (Å²) in [6.07, 6.45) is 1.62. The molecule has 0 unspecified atom stereocenters. The second-order valence-corrected chi connectivity index (χ2v) is 9.42. The summed E-state index contributed by atoms with van der Waals surface area (Å²) in [5.74, 6) is -0.188. The monoisotopic (exact) mass is 440 g/mol. The Balaban J connectivity index is 1.53. The van der Waals surface area contributed by atoms with E-state index in [1.807, 2.05) is 30.3 Å². The molecule has 5 nitrogen and oxygen atoms in total. The highest BCUT2D eigenvalue weighted by molar-refractivity contribution is 7.91. The van der Waals surface area contributed by atoms with E-state index in [-0.39, 0.29) is 11.7 Å². The molecule has 0 saturated heterocycles. The lowest BCUT2D eigenvalue weighted by Gasteiger charge is -2.30. The van der Waals surface area contributed by atoms with Crippen LogP contribution in [0.1, 0.15) is 27.9 Å². The van der Waals surface area contributed by atoms with Crippen LogP contribution in [0.4, 0.5) is 11.4 Å². The standard InChI is InChI=1S/C23H21ClN2O3S/c24-20-10-8-17(9-11-20)16-30(28,29)25-21-12-13-22-19(15-21)7-4-14-26(22)23(27)18-5-2-1-3-6-18/h1-3,5-6,8-13,15,25H,4,7,14,16H2. The molecule has 154 valence electrons. The van der Waals surface area contributed by atoms with Crippen LogP contribution in [0, 0.1) is 0 Å². The molecule has 4 rings (SSSR count). The fraction of sp³-hybridized carbons (Fsp3) is 0.174. The zero-order valence-corrected chi connectivity index (χ0v) is 17.8. The van der Waals surface area contributed by atoms with Crippen molar-refractivity contribution in [1.82, 2.24) is 0 Å². The lowest BCUT2D eigenvalue weighted by atomic mass is 10.00. The number of nitrogens with zero attached hydrogens (tertiary/aromatic N) is 1. The molecular formula is C23H21ClN2O3S. The molecule has 3 aromatic carbocycles. The Morgan fingerprint density at radius 1 is 1.00 bits per heavy atom. The summed E-state index contributed by atoms with van der Waals surface area (Å²) >= 11 is 5.86. The highest BCUT2D eigenvalue weighted by Gasteiger charge is 2.24. The van der Waals surface area contributed by atoms with Gasteiger partial charge < -0.3 is 4.90 Å². The van der Waals surface area contributed by atoms with Gasteiger partial charge in [-0.25, -0.2) is 8.42 Å². The highest BCUT2D eigenvalue weighted by atomic mass is 35.5. The van der Waals surface area contributed by atoms with Crippen molar-refractivity contribution in [3.63, 3.8) is 0 Å². The Kier molecular flexibility index (Phi) is 5.79. The van der Waals surface area contributed by atoms with Gasteiger partial charge in [0.05, 0.1) is 5.75 Å². The number of hydrogen-bond acceptors (Lipinski definition) is 3. The molecule has 0 aliphatic carbocycles. The predicted molar refractivity (Wildman–Crippen MR) is 121 cm³/mol. The van der Waals surface area contributed by atoms with E-state index in [2.05, 4.69) is 4.72 Å². The number of hydrogen-bond donors (Lipinski definition) is 1. The second kappa shape index (κ2) is 8.50. The van der Waals surface area contributed by atoms with Crippen LogP contribution < -0.4 is 9.62 Å². The van der Waals surface area contributed by atoms with Crippen LogP contribution in [-0.4, -0.2) is 20.9 Å². The Morgan fingerprint density at radius 2 is 1.73 bits per heavy atom. The van der Waals surface area contributed by atoms with Crippen molar-refractivity contribution in [1.29, 1.82) is 0 Å². The number of halogens is 1. The van der Waals surface area contributed by atoms with Gasteiger partial charge in [0.1, 0.15) is 0 Å². The smallest absolute Gasteiger partial charge is 0.258 e. The molecule has 0 spiro atoms. The van der Waals surface area contributed by atoms with Crippen LogP contribution in [0.25, 0.3) is 0 Å². The first-order valence-electron chi connectivity index (χ1n) is 9.66. The van der Waals surface area contributed by atoms with Gasteiger partial charge in [-0.2, -0.15) is 0 Å². The number of rotatable bonds is 5. The van der Waals surface area contributed by atoms with Gasteiger partial charge in [0, 0.05) is 28.5 Å². The Labute approximate surface area is 181 Å². The highest BCUT2D eigenvalue weighted by Crippen LogP contribution is 2.31. The number of amides is 1. The Hall–Kier alpha value is -2.83. The molecule has 0 bridgehead atoms. The minimum absolute atomic E-state index is 0.0485. The maximum absolute atomic E-state index is 12.9. The lowest BCUT2D eigenvalue weighted by Crippen LogP contribution is -2.35. The number of anilines is 2. The van der Waals surface area contributed by atoms with E-state index in [0.717, 1.165) is 24.1 Å². The van der Waals surface area contributed by atoms with Crippen molar-refractivity contribution in [3.05, 3.63) is 94.5 Å². The van der Waals surface area contributed by atoms with Crippen molar-refractivity contribution in [2.24, 2.45) is 0 Å². The van der Waals surface area contributed by atoms with Crippen molar-refractivity contribution in [3.8, 4) is 0 Å². The van der Waals surface area contributed by atoms with Crippen LogP contribution in [0.2, 0.25) is 5.02 Å². The van der Waals surface area contributed by atoms with E-state index in [4.69, 9.17) is 11.6 Å². The summed E-state index contributed by atoms with van der Waals surface area (Å²) in [6, 6.07) is 21.2. The average Bonchev–Trinajstić information content (AvgIpc) is 2.74. The fourth-order valence-electron chi connectivity index (χ4n) is 3.62. The van der Waals surface area contributed by atoms with Crippen LogP contribution in [0.15, 0.2) is 72.8 Å². The number of carbonyl (C=O) groups is 1. The minimum atomic E-state index is -3.57. The van der Waals surface area contributed by atoms with Gasteiger partial charge in [-0.15, -0.1) is 0 Å². The first kappa shape index (κ1) is 20.4. The molecule has 1 aliphatic rings. The SMILES string of the molecule is O=C(c1ccccc1)N1CCCc2cc(NS(=O)(=O)Cc3ccc(Cl)cc3)ccc21. The van der Waals surface area contributed by atoms with Crippen molar-refractivity contribution in [2.75, 3.05) is 16.2 Å². The molecule has 1 N–H and O–H groups in total. The number of fused-ring (bicyclic) bond motifs is 1. The van der Waals surface area contributed by atoms with E-state index in [1.165, 1.54) is 0 Å². The van der Waals surface area contributed by atoms with Crippen molar-refractivity contribution in [2.45, 2.75) is 18.6 Å². The predicted octanol–water partition coefficient (Wildman–Crippen LogP) is 4.87. The normalized spacial score (nSPS) is 13.6. The second-order valence-electron chi connectivity index (χ2n) is 7.26. The number of nitrogens with one attached hydrogen (secondary N) is 1. The quantitative estimate of drug-likeness (QED) is 0.615. The van der Waals surface area contributed by atoms with Gasteiger partial charge in [0.25, 0.3) is 5.91 Å². The molecule has 1 aliphatic heterocycles. The molecular weight excluding hydrogens is 420 g/mol. The third-order valence-corrected chi connectivity index (χ3v) is 6.52. The molecule has 0 aromatic heterocycles. The first-order chi connectivity index (χ1) is 14.4. The van der Waals surface area contributed by atoms with Gasteiger partial charge in [-0.1, -0.05) is 41.9 Å². The van der Waals surface area contributed by atoms with Crippen LogP contribution in [0.5, 0.6) is 0 Å². The van der Waals surface area contributed by atoms with Gasteiger partial charge in [0.2, 0.25) is 10.0 Å². The lowest BCUT2D eigenvalue weighted by molar-refractivity contribution is 0.0985. The topological polar surface area (TPSA) is 66.5 Å². The Morgan fingerprint density at radius 3 is 2.47 bits per heavy atom. The summed E-state index contributed by atoms with van der Waals surface area (Å²) < 4.78 is 27.8. The minimum Gasteiger partial charge on any atom is -0.308 e. The van der Waals surface area contributed by atoms with Gasteiger partial charge >= 0.3 is 0 Å². The summed E-state index contributed by atoms with van der Waals surface area (Å²) in [4.78, 5) is 14.7. The summed E-state index contributed by atoms with van der Waals surface area (Å²) in [6.45, 7) is 0.641. The van der Waals surface area contributed by atoms with Crippen molar-refractivity contribution < 1.29 is 13.2 Å². The number of benzene rings is 3. The van der Waals surface area contributed by atoms with E-state index in [1.54, 1.807) is 47.4 Å². The average molecular weight is 441 g/mol. The maximum atomic E-state index is 12.9. The first-order valence-corrected chi connectivity index (χ1v) is 11.7. The van der Waals surface area contributed by atoms with Crippen molar-refractivity contribution >= 4 is 38.9 Å². The third-order valence-electron chi connectivity index (χ3n) is 5.01. The van der Waals surface area contributed by atoms with E-state index < -0.39 is 10.0 Å². The molecule has 0 radical (unpaired) electrons. The summed E-state index contributed by atoms with van der Waals surface area (Å²) in [5, 5.41) is 0.563. The molecule has 30 heavy (non-hydrogen) atoms. The molecule has 7 heteroatoms.